The molecule has 0 aliphatic carbocycles. The summed E-state index contributed by atoms with van der Waals surface area (Å²) in [5, 5.41) is 8.69. The van der Waals surface area contributed by atoms with Gasteiger partial charge in [0.2, 0.25) is 5.91 Å². The fraction of sp³-hybridized carbons (Fsp3) is 0.143. The van der Waals surface area contributed by atoms with Gasteiger partial charge in [0.1, 0.15) is 5.76 Å². The van der Waals surface area contributed by atoms with Crippen LogP contribution in [0, 0.1) is 0 Å². The van der Waals surface area contributed by atoms with Crippen LogP contribution in [0.5, 0.6) is 0 Å². The highest BCUT2D eigenvalue weighted by molar-refractivity contribution is 6.10. The number of hydrogen-bond acceptors (Lipinski definition) is 4. The van der Waals surface area contributed by atoms with E-state index < -0.39 is 0 Å². The van der Waals surface area contributed by atoms with Gasteiger partial charge in [-0.15, -0.1) is 0 Å². The predicted octanol–water partition coefficient (Wildman–Crippen LogP) is 3.82. The van der Waals surface area contributed by atoms with Crippen LogP contribution in [0.25, 0.3) is 0 Å². The van der Waals surface area contributed by atoms with Crippen molar-refractivity contribution in [1.29, 1.82) is 0 Å². The SMILES string of the molecule is C[C@@H](NCC(=O)Nc1ccccc1C(=O)Nc1ccccc1)c1ccco1. The van der Waals surface area contributed by atoms with E-state index in [0.717, 1.165) is 5.76 Å². The number of anilines is 2. The van der Waals surface area contributed by atoms with E-state index in [4.69, 9.17) is 4.42 Å². The molecule has 0 saturated carbocycles. The van der Waals surface area contributed by atoms with Gasteiger partial charge in [-0.3, -0.25) is 14.9 Å². The first-order valence-electron chi connectivity index (χ1n) is 8.65. The third-order valence-electron chi connectivity index (χ3n) is 4.02. The Kier molecular flexibility index (Phi) is 6.02. The molecule has 27 heavy (non-hydrogen) atoms. The van der Waals surface area contributed by atoms with Crippen LogP contribution in [0.3, 0.4) is 0 Å². The molecular formula is C21H21N3O3. The highest BCUT2D eigenvalue weighted by atomic mass is 16.3. The minimum Gasteiger partial charge on any atom is -0.468 e. The molecule has 0 spiro atoms. The Labute approximate surface area is 157 Å². The Morgan fingerprint density at radius 3 is 2.41 bits per heavy atom. The lowest BCUT2D eigenvalue weighted by Crippen LogP contribution is -2.30. The average Bonchev–Trinajstić information content (AvgIpc) is 3.22. The van der Waals surface area contributed by atoms with Crippen LogP contribution in [0.15, 0.2) is 77.4 Å². The largest absolute Gasteiger partial charge is 0.468 e. The Balaban J connectivity index is 1.61. The normalized spacial score (nSPS) is 11.6. The molecule has 6 heteroatoms. The molecule has 0 unspecified atom stereocenters. The second-order valence-electron chi connectivity index (χ2n) is 6.03. The molecule has 6 nitrogen and oxygen atoms in total. The van der Waals surface area contributed by atoms with Crippen LogP contribution in [-0.4, -0.2) is 18.4 Å². The number of carbonyl (C=O) groups is 2. The molecular weight excluding hydrogens is 342 g/mol. The van der Waals surface area contributed by atoms with Crippen molar-refractivity contribution in [2.24, 2.45) is 0 Å². The minimum atomic E-state index is -0.283. The van der Waals surface area contributed by atoms with Crippen LogP contribution in [0.1, 0.15) is 29.1 Å². The van der Waals surface area contributed by atoms with Crippen molar-refractivity contribution < 1.29 is 14.0 Å². The average molecular weight is 363 g/mol. The van der Waals surface area contributed by atoms with Crippen LogP contribution < -0.4 is 16.0 Å². The Hall–Kier alpha value is -3.38. The number of rotatable bonds is 7. The summed E-state index contributed by atoms with van der Waals surface area (Å²) in [5.74, 6) is 0.229. The first kappa shape index (κ1) is 18.4. The van der Waals surface area contributed by atoms with E-state index >= 15 is 0 Å². The topological polar surface area (TPSA) is 83.4 Å². The maximum atomic E-state index is 12.5. The lowest BCUT2D eigenvalue weighted by molar-refractivity contribution is -0.115. The van der Waals surface area contributed by atoms with Gasteiger partial charge in [-0.1, -0.05) is 30.3 Å². The van der Waals surface area contributed by atoms with E-state index in [1.807, 2.05) is 31.2 Å². The van der Waals surface area contributed by atoms with Gasteiger partial charge < -0.3 is 15.1 Å². The summed E-state index contributed by atoms with van der Waals surface area (Å²) in [5.41, 5.74) is 1.55. The maximum absolute atomic E-state index is 12.5. The molecule has 0 aliphatic rings. The highest BCUT2D eigenvalue weighted by Crippen LogP contribution is 2.17. The van der Waals surface area contributed by atoms with E-state index in [0.29, 0.717) is 16.9 Å². The summed E-state index contributed by atoms with van der Waals surface area (Å²) in [7, 11) is 0. The number of para-hydroxylation sites is 2. The first-order chi connectivity index (χ1) is 13.1. The van der Waals surface area contributed by atoms with Gasteiger partial charge in [-0.2, -0.15) is 0 Å². The standard InChI is InChI=1S/C21H21N3O3/c1-15(19-12-7-13-27-19)22-14-20(25)24-18-11-6-5-10-17(18)21(26)23-16-8-3-2-4-9-16/h2-13,15,22H,14H2,1H3,(H,23,26)(H,24,25)/t15-/m1/s1. The van der Waals surface area contributed by atoms with Crippen molar-refractivity contribution in [2.75, 3.05) is 17.2 Å². The molecule has 1 heterocycles. The van der Waals surface area contributed by atoms with Crippen LogP contribution >= 0.6 is 0 Å². The summed E-state index contributed by atoms with van der Waals surface area (Å²) >= 11 is 0. The van der Waals surface area contributed by atoms with Crippen molar-refractivity contribution in [1.82, 2.24) is 5.32 Å². The fourth-order valence-corrected chi connectivity index (χ4v) is 2.59. The first-order valence-corrected chi connectivity index (χ1v) is 8.65. The van der Waals surface area contributed by atoms with Crippen molar-refractivity contribution >= 4 is 23.2 Å². The Morgan fingerprint density at radius 1 is 0.926 bits per heavy atom. The molecule has 0 fully saturated rings. The van der Waals surface area contributed by atoms with E-state index in [9.17, 15) is 9.59 Å². The molecule has 3 aromatic rings. The molecule has 1 atom stereocenters. The smallest absolute Gasteiger partial charge is 0.257 e. The van der Waals surface area contributed by atoms with Crippen LogP contribution in [-0.2, 0) is 4.79 Å². The lowest BCUT2D eigenvalue weighted by Gasteiger charge is -2.13. The summed E-state index contributed by atoms with van der Waals surface area (Å²) in [6.07, 6.45) is 1.59. The monoisotopic (exact) mass is 363 g/mol. The molecule has 138 valence electrons. The van der Waals surface area contributed by atoms with E-state index in [-0.39, 0.29) is 24.4 Å². The molecule has 1 aromatic heterocycles. The van der Waals surface area contributed by atoms with Gasteiger partial charge in [-0.05, 0) is 43.3 Å². The Bertz CT molecular complexity index is 892. The van der Waals surface area contributed by atoms with Gasteiger partial charge in [-0.25, -0.2) is 0 Å². The zero-order valence-corrected chi connectivity index (χ0v) is 14.9. The van der Waals surface area contributed by atoms with Crippen molar-refractivity contribution in [3.05, 3.63) is 84.3 Å². The van der Waals surface area contributed by atoms with Crippen LogP contribution in [0.2, 0.25) is 0 Å². The number of furan rings is 1. The summed E-state index contributed by atoms with van der Waals surface area (Å²) in [4.78, 5) is 24.8. The van der Waals surface area contributed by atoms with Gasteiger partial charge in [0.05, 0.1) is 30.1 Å². The molecule has 3 N–H and O–H groups in total. The third kappa shape index (κ3) is 5.05. The zero-order chi connectivity index (χ0) is 19.1. The van der Waals surface area contributed by atoms with Crippen molar-refractivity contribution in [3.8, 4) is 0 Å². The molecule has 2 aromatic carbocycles. The summed E-state index contributed by atoms with van der Waals surface area (Å²) < 4.78 is 5.31. The van der Waals surface area contributed by atoms with E-state index in [2.05, 4.69) is 16.0 Å². The van der Waals surface area contributed by atoms with Crippen molar-refractivity contribution in [2.45, 2.75) is 13.0 Å². The van der Waals surface area contributed by atoms with E-state index in [1.165, 1.54) is 0 Å². The van der Waals surface area contributed by atoms with Crippen LogP contribution in [0.4, 0.5) is 11.4 Å². The predicted molar refractivity (Wildman–Crippen MR) is 105 cm³/mol. The van der Waals surface area contributed by atoms with Gasteiger partial charge >= 0.3 is 0 Å². The van der Waals surface area contributed by atoms with E-state index in [1.54, 1.807) is 48.7 Å². The second-order valence-corrected chi connectivity index (χ2v) is 6.03. The number of amides is 2. The summed E-state index contributed by atoms with van der Waals surface area (Å²) in [6.45, 7) is 2.00. The lowest BCUT2D eigenvalue weighted by atomic mass is 10.1. The van der Waals surface area contributed by atoms with Gasteiger partial charge in [0, 0.05) is 5.69 Å². The number of nitrogens with one attached hydrogen (secondary N) is 3. The second kappa shape index (κ2) is 8.82. The van der Waals surface area contributed by atoms with Gasteiger partial charge in [0.25, 0.3) is 5.91 Å². The summed E-state index contributed by atoms with van der Waals surface area (Å²) in [6, 6.07) is 19.6. The fourth-order valence-electron chi connectivity index (χ4n) is 2.59. The molecule has 0 saturated heterocycles. The van der Waals surface area contributed by atoms with Crippen molar-refractivity contribution in [3.63, 3.8) is 0 Å². The quantitative estimate of drug-likeness (QED) is 0.596. The zero-order valence-electron chi connectivity index (χ0n) is 14.9. The molecule has 2 amide bonds. The number of benzene rings is 2. The molecule has 0 radical (unpaired) electrons. The third-order valence-corrected chi connectivity index (χ3v) is 4.02. The molecule has 0 bridgehead atoms. The molecule has 3 rings (SSSR count). The number of carbonyl (C=O) groups excluding carboxylic acids is 2. The van der Waals surface area contributed by atoms with Gasteiger partial charge in [0.15, 0.2) is 0 Å². The maximum Gasteiger partial charge on any atom is 0.257 e. The molecule has 0 aliphatic heterocycles. The highest BCUT2D eigenvalue weighted by Gasteiger charge is 2.14. The Morgan fingerprint density at radius 2 is 1.67 bits per heavy atom. The minimum absolute atomic E-state index is 0.0938. The number of hydrogen-bond donors (Lipinski definition) is 3.